The van der Waals surface area contributed by atoms with Crippen LogP contribution in [0.1, 0.15) is 43.8 Å². The molecule has 7 heteroatoms. The van der Waals surface area contributed by atoms with Crippen molar-refractivity contribution in [2.75, 3.05) is 19.6 Å². The van der Waals surface area contributed by atoms with Crippen LogP contribution in [0.2, 0.25) is 10.0 Å². The van der Waals surface area contributed by atoms with Crippen molar-refractivity contribution in [2.45, 2.75) is 44.6 Å². The van der Waals surface area contributed by atoms with Gasteiger partial charge in [-0.1, -0.05) is 60.0 Å². The highest BCUT2D eigenvalue weighted by Crippen LogP contribution is 2.36. The van der Waals surface area contributed by atoms with Crippen molar-refractivity contribution in [3.63, 3.8) is 0 Å². The molecule has 4 heterocycles. The minimum Gasteiger partial charge on any atom is -0.353 e. The monoisotopic (exact) mass is 557 g/mol. The molecule has 39 heavy (non-hydrogen) atoms. The Hall–Kier alpha value is -3.12. The Bertz CT molecular complexity index is 1500. The van der Waals surface area contributed by atoms with E-state index in [9.17, 15) is 0 Å². The quantitative estimate of drug-likeness (QED) is 0.185. The van der Waals surface area contributed by atoms with Gasteiger partial charge in [0, 0.05) is 48.4 Å². The SMILES string of the molecule is Clc1ccc(-c2[nH]c(C3CCN(CCCCCn4cc5ccccc5c4)CC3)nc2-c2ccncc2)cc1Cl. The van der Waals surface area contributed by atoms with Crippen molar-refractivity contribution >= 4 is 34.0 Å². The summed E-state index contributed by atoms with van der Waals surface area (Å²) in [6, 6.07) is 18.3. The molecule has 0 unspecified atom stereocenters. The molecular formula is C32H33Cl2N5. The molecule has 200 valence electrons. The largest absolute Gasteiger partial charge is 0.353 e. The average molecular weight is 559 g/mol. The van der Waals surface area contributed by atoms with Crippen LogP contribution in [-0.2, 0) is 6.54 Å². The third kappa shape index (κ3) is 6.06. The van der Waals surface area contributed by atoms with Gasteiger partial charge in [0.1, 0.15) is 5.82 Å². The highest BCUT2D eigenvalue weighted by atomic mass is 35.5. The number of unbranched alkanes of at least 4 members (excludes halogenated alkanes) is 2. The molecule has 1 N–H and O–H groups in total. The van der Waals surface area contributed by atoms with Gasteiger partial charge in [-0.2, -0.15) is 0 Å². The maximum absolute atomic E-state index is 6.36. The number of aryl methyl sites for hydroxylation is 1. The molecule has 0 amide bonds. The van der Waals surface area contributed by atoms with Gasteiger partial charge in [0.15, 0.2) is 0 Å². The van der Waals surface area contributed by atoms with Crippen molar-refractivity contribution in [1.29, 1.82) is 0 Å². The fourth-order valence-electron chi connectivity index (χ4n) is 5.67. The number of nitrogens with zero attached hydrogens (tertiary/aromatic N) is 4. The number of pyridine rings is 1. The predicted octanol–water partition coefficient (Wildman–Crippen LogP) is 8.45. The van der Waals surface area contributed by atoms with E-state index in [2.05, 4.69) is 56.1 Å². The summed E-state index contributed by atoms with van der Waals surface area (Å²) in [6.07, 6.45) is 14.1. The van der Waals surface area contributed by atoms with E-state index in [-0.39, 0.29) is 0 Å². The number of imidazole rings is 1. The van der Waals surface area contributed by atoms with Crippen molar-refractivity contribution in [1.82, 2.24) is 24.4 Å². The minimum absolute atomic E-state index is 0.418. The lowest BCUT2D eigenvalue weighted by Gasteiger charge is -2.31. The van der Waals surface area contributed by atoms with E-state index in [1.807, 2.05) is 30.3 Å². The first-order valence-corrected chi connectivity index (χ1v) is 14.6. The summed E-state index contributed by atoms with van der Waals surface area (Å²) in [5.41, 5.74) is 3.94. The second kappa shape index (κ2) is 12.0. The average Bonchev–Trinajstić information content (AvgIpc) is 3.60. The molecule has 1 aliphatic heterocycles. The Morgan fingerprint density at radius 2 is 1.51 bits per heavy atom. The smallest absolute Gasteiger partial charge is 0.110 e. The number of benzene rings is 2. The van der Waals surface area contributed by atoms with Crippen molar-refractivity contribution in [3.8, 4) is 22.5 Å². The zero-order chi connectivity index (χ0) is 26.6. The van der Waals surface area contributed by atoms with Gasteiger partial charge in [-0.05, 0) is 80.4 Å². The zero-order valence-corrected chi connectivity index (χ0v) is 23.5. The van der Waals surface area contributed by atoms with Crippen LogP contribution in [0.3, 0.4) is 0 Å². The van der Waals surface area contributed by atoms with Crippen LogP contribution in [0, 0.1) is 0 Å². The fraction of sp³-hybridized carbons (Fsp3) is 0.312. The number of nitrogens with one attached hydrogen (secondary N) is 1. The summed E-state index contributed by atoms with van der Waals surface area (Å²) in [5, 5.41) is 3.75. The number of fused-ring (bicyclic) bond motifs is 1. The fourth-order valence-corrected chi connectivity index (χ4v) is 5.97. The number of H-pyrrole nitrogens is 1. The van der Waals surface area contributed by atoms with Gasteiger partial charge < -0.3 is 14.5 Å². The highest BCUT2D eigenvalue weighted by molar-refractivity contribution is 6.42. The topological polar surface area (TPSA) is 49.7 Å². The second-order valence-corrected chi connectivity index (χ2v) is 11.3. The predicted molar refractivity (Wildman–Crippen MR) is 161 cm³/mol. The molecule has 0 atom stereocenters. The molecule has 0 aliphatic carbocycles. The summed E-state index contributed by atoms with van der Waals surface area (Å²) < 4.78 is 2.34. The maximum atomic E-state index is 6.36. The number of hydrogen-bond donors (Lipinski definition) is 1. The first kappa shape index (κ1) is 26.1. The van der Waals surface area contributed by atoms with Crippen molar-refractivity contribution < 1.29 is 0 Å². The van der Waals surface area contributed by atoms with Gasteiger partial charge in [-0.15, -0.1) is 0 Å². The van der Waals surface area contributed by atoms with E-state index in [1.54, 1.807) is 12.4 Å². The van der Waals surface area contributed by atoms with Crippen LogP contribution < -0.4 is 0 Å². The molecular weight excluding hydrogens is 525 g/mol. The summed E-state index contributed by atoms with van der Waals surface area (Å²) >= 11 is 12.6. The maximum Gasteiger partial charge on any atom is 0.110 e. The lowest BCUT2D eigenvalue weighted by Crippen LogP contribution is -2.34. The van der Waals surface area contributed by atoms with Crippen molar-refractivity contribution in [2.24, 2.45) is 0 Å². The summed E-state index contributed by atoms with van der Waals surface area (Å²) in [5.74, 6) is 1.47. The summed E-state index contributed by atoms with van der Waals surface area (Å²) in [7, 11) is 0. The van der Waals surface area contributed by atoms with Crippen LogP contribution in [0.4, 0.5) is 0 Å². The number of aromatic nitrogens is 4. The Morgan fingerprint density at radius 1 is 0.795 bits per heavy atom. The van der Waals surface area contributed by atoms with Crippen molar-refractivity contribution in [3.05, 3.63) is 95.3 Å². The third-order valence-corrected chi connectivity index (χ3v) is 8.59. The molecule has 1 saturated heterocycles. The van der Waals surface area contributed by atoms with Gasteiger partial charge >= 0.3 is 0 Å². The molecule has 2 aromatic carbocycles. The number of hydrogen-bond acceptors (Lipinski definition) is 3. The summed E-state index contributed by atoms with van der Waals surface area (Å²) in [4.78, 5) is 15.6. The van der Waals surface area contributed by atoms with E-state index in [4.69, 9.17) is 28.2 Å². The van der Waals surface area contributed by atoms with Gasteiger partial charge in [0.05, 0.1) is 21.4 Å². The van der Waals surface area contributed by atoms with Gasteiger partial charge in [0.2, 0.25) is 0 Å². The highest BCUT2D eigenvalue weighted by Gasteiger charge is 2.25. The van der Waals surface area contributed by atoms with E-state index in [0.29, 0.717) is 16.0 Å². The zero-order valence-electron chi connectivity index (χ0n) is 22.0. The number of likely N-dealkylation sites (tertiary alicyclic amines) is 1. The first-order valence-electron chi connectivity index (χ1n) is 13.9. The summed E-state index contributed by atoms with van der Waals surface area (Å²) in [6.45, 7) is 4.49. The van der Waals surface area contributed by atoms with E-state index in [0.717, 1.165) is 60.8 Å². The molecule has 6 rings (SSSR count). The van der Waals surface area contributed by atoms with E-state index in [1.165, 1.54) is 36.6 Å². The third-order valence-electron chi connectivity index (χ3n) is 7.85. The Kier molecular flexibility index (Phi) is 8.00. The molecule has 5 aromatic rings. The molecule has 0 radical (unpaired) electrons. The Labute approximate surface area is 239 Å². The lowest BCUT2D eigenvalue weighted by atomic mass is 9.96. The Morgan fingerprint density at radius 3 is 2.23 bits per heavy atom. The normalized spacial score (nSPS) is 14.8. The molecule has 0 saturated carbocycles. The number of aromatic amines is 1. The van der Waals surface area contributed by atoms with Crippen LogP contribution in [-0.4, -0.2) is 44.1 Å². The van der Waals surface area contributed by atoms with Gasteiger partial charge in [0.25, 0.3) is 0 Å². The van der Waals surface area contributed by atoms with E-state index < -0.39 is 0 Å². The number of halogens is 2. The molecule has 3 aromatic heterocycles. The van der Waals surface area contributed by atoms with Gasteiger partial charge in [-0.3, -0.25) is 4.98 Å². The number of piperidine rings is 1. The van der Waals surface area contributed by atoms with E-state index >= 15 is 0 Å². The molecule has 1 fully saturated rings. The van der Waals surface area contributed by atoms with Crippen LogP contribution in [0.15, 0.2) is 79.4 Å². The molecule has 0 spiro atoms. The minimum atomic E-state index is 0.418. The Balaban J connectivity index is 1.04. The molecule has 1 aliphatic rings. The lowest BCUT2D eigenvalue weighted by molar-refractivity contribution is 0.205. The molecule has 0 bridgehead atoms. The van der Waals surface area contributed by atoms with Crippen LogP contribution >= 0.6 is 23.2 Å². The first-order chi connectivity index (χ1) is 19.1. The standard InChI is InChI=1S/C32H33Cl2N5/c33-28-9-8-25(20-29(28)34)31-30(23-10-14-35-15-11-23)36-32(37-31)24-12-18-38(19-13-24)16-4-1-5-17-39-21-26-6-2-3-7-27(26)22-39/h2-3,6-11,14-15,20-22,24H,1,4-5,12-13,16-19H2,(H,36,37). The van der Waals surface area contributed by atoms with Crippen LogP contribution in [0.25, 0.3) is 33.3 Å². The number of rotatable bonds is 9. The van der Waals surface area contributed by atoms with Gasteiger partial charge in [-0.25, -0.2) is 4.98 Å². The second-order valence-electron chi connectivity index (χ2n) is 10.5. The van der Waals surface area contributed by atoms with Crippen LogP contribution in [0.5, 0.6) is 0 Å². The molecule has 5 nitrogen and oxygen atoms in total.